The van der Waals surface area contributed by atoms with Gasteiger partial charge in [0.15, 0.2) is 0 Å². The van der Waals surface area contributed by atoms with Gasteiger partial charge in [0.1, 0.15) is 11.1 Å². The Labute approximate surface area is 146 Å². The average Bonchev–Trinajstić information content (AvgIpc) is 3.16. The zero-order chi connectivity index (χ0) is 16.9. The van der Waals surface area contributed by atoms with Crippen LogP contribution < -0.4 is 5.32 Å². The minimum atomic E-state index is -0.398. The maximum atomic E-state index is 12.5. The first-order valence-electron chi connectivity index (χ1n) is 8.94. The van der Waals surface area contributed by atoms with Crippen LogP contribution in [0.1, 0.15) is 66.2 Å². The summed E-state index contributed by atoms with van der Waals surface area (Å²) in [5.74, 6) is -0.467. The number of nitrogens with one attached hydrogen (secondary N) is 1. The number of fused-ring (bicyclic) bond motifs is 1. The lowest BCUT2D eigenvalue weighted by Gasteiger charge is -2.12. The molecule has 5 nitrogen and oxygen atoms in total. The van der Waals surface area contributed by atoms with E-state index in [9.17, 15) is 9.59 Å². The average molecular weight is 351 g/mol. The second-order valence-corrected chi connectivity index (χ2v) is 7.44. The summed E-state index contributed by atoms with van der Waals surface area (Å²) >= 11 is 1.54. The van der Waals surface area contributed by atoms with Gasteiger partial charge < -0.3 is 14.8 Å². The van der Waals surface area contributed by atoms with Crippen LogP contribution in [-0.2, 0) is 27.1 Å². The van der Waals surface area contributed by atoms with Crippen molar-refractivity contribution in [3.8, 4) is 0 Å². The van der Waals surface area contributed by atoms with Gasteiger partial charge in [-0.15, -0.1) is 11.3 Å². The molecule has 1 fully saturated rings. The zero-order valence-electron chi connectivity index (χ0n) is 14.2. The van der Waals surface area contributed by atoms with E-state index in [-0.39, 0.29) is 11.9 Å². The van der Waals surface area contributed by atoms with Gasteiger partial charge in [-0.3, -0.25) is 4.79 Å². The Bertz CT molecular complexity index is 604. The van der Waals surface area contributed by atoms with Crippen LogP contribution in [0.25, 0.3) is 0 Å². The second kappa shape index (κ2) is 8.12. The molecule has 0 radical (unpaired) electrons. The summed E-state index contributed by atoms with van der Waals surface area (Å²) in [5, 5.41) is 3.58. The predicted molar refractivity (Wildman–Crippen MR) is 93.8 cm³/mol. The van der Waals surface area contributed by atoms with E-state index in [0.717, 1.165) is 44.1 Å². The summed E-state index contributed by atoms with van der Waals surface area (Å²) in [6, 6.07) is 0. The van der Waals surface area contributed by atoms with Gasteiger partial charge in [0, 0.05) is 11.5 Å². The Morgan fingerprint density at radius 1 is 1.21 bits per heavy atom. The molecule has 1 N–H and O–H groups in total. The third kappa shape index (κ3) is 3.81. The lowest BCUT2D eigenvalue weighted by molar-refractivity contribution is -0.124. The van der Waals surface area contributed by atoms with E-state index in [1.54, 1.807) is 6.92 Å². The smallest absolute Gasteiger partial charge is 0.341 e. The molecule has 1 amide bonds. The normalized spacial score (nSPS) is 20.8. The van der Waals surface area contributed by atoms with E-state index in [1.165, 1.54) is 29.1 Å². The third-order valence-electron chi connectivity index (χ3n) is 4.61. The molecule has 0 aromatic carbocycles. The number of hydrogen-bond acceptors (Lipinski definition) is 5. The molecular formula is C18H25NO4S. The van der Waals surface area contributed by atoms with Gasteiger partial charge in [-0.05, 0) is 51.0 Å². The number of carbonyl (C=O) groups excluding carboxylic acids is 2. The van der Waals surface area contributed by atoms with Crippen LogP contribution in [0.4, 0.5) is 5.00 Å². The van der Waals surface area contributed by atoms with Gasteiger partial charge in [-0.25, -0.2) is 4.79 Å². The van der Waals surface area contributed by atoms with Crippen LogP contribution in [-0.4, -0.2) is 31.2 Å². The van der Waals surface area contributed by atoms with Crippen molar-refractivity contribution >= 4 is 28.2 Å². The van der Waals surface area contributed by atoms with Crippen molar-refractivity contribution in [2.24, 2.45) is 0 Å². The van der Waals surface area contributed by atoms with E-state index in [1.807, 2.05) is 0 Å². The maximum Gasteiger partial charge on any atom is 0.341 e. The van der Waals surface area contributed by atoms with Crippen LogP contribution in [0.3, 0.4) is 0 Å². The number of ether oxygens (including phenoxy) is 2. The topological polar surface area (TPSA) is 64.6 Å². The summed E-state index contributed by atoms with van der Waals surface area (Å²) in [6.45, 7) is 2.77. The van der Waals surface area contributed by atoms with Crippen LogP contribution in [0, 0.1) is 0 Å². The van der Waals surface area contributed by atoms with Crippen LogP contribution in [0.15, 0.2) is 0 Å². The van der Waals surface area contributed by atoms with Crippen molar-refractivity contribution in [1.82, 2.24) is 0 Å². The van der Waals surface area contributed by atoms with Crippen LogP contribution >= 0.6 is 11.3 Å². The molecule has 24 heavy (non-hydrogen) atoms. The highest BCUT2D eigenvalue weighted by Gasteiger charge is 2.29. The molecule has 2 aliphatic rings. The summed E-state index contributed by atoms with van der Waals surface area (Å²) in [5.41, 5.74) is 1.66. The predicted octanol–water partition coefficient (Wildman–Crippen LogP) is 3.70. The van der Waals surface area contributed by atoms with E-state index >= 15 is 0 Å². The van der Waals surface area contributed by atoms with Crippen molar-refractivity contribution in [2.45, 2.75) is 64.4 Å². The molecule has 1 saturated heterocycles. The molecule has 1 unspecified atom stereocenters. The van der Waals surface area contributed by atoms with E-state index in [0.29, 0.717) is 23.8 Å². The van der Waals surface area contributed by atoms with Gasteiger partial charge >= 0.3 is 5.97 Å². The van der Waals surface area contributed by atoms with Crippen molar-refractivity contribution in [3.05, 3.63) is 16.0 Å². The standard InChI is InChI=1S/C18H25NO4S/c1-2-22-18(21)15-12-8-5-3-4-6-10-14(12)24-17(15)19-16(20)13-9-7-11-23-13/h13H,2-11H2,1H3,(H,19,20). The van der Waals surface area contributed by atoms with E-state index in [4.69, 9.17) is 9.47 Å². The lowest BCUT2D eigenvalue weighted by Crippen LogP contribution is -2.27. The first-order chi connectivity index (χ1) is 11.7. The number of aryl methyl sites for hydroxylation is 1. The van der Waals surface area contributed by atoms with Gasteiger partial charge in [0.05, 0.1) is 12.2 Å². The summed E-state index contributed by atoms with van der Waals surface area (Å²) in [4.78, 5) is 26.1. The highest BCUT2D eigenvalue weighted by Crippen LogP contribution is 2.38. The minimum absolute atomic E-state index is 0.146. The second-order valence-electron chi connectivity index (χ2n) is 6.33. The molecule has 0 bridgehead atoms. The Kier molecular flexibility index (Phi) is 5.89. The highest BCUT2D eigenvalue weighted by molar-refractivity contribution is 7.17. The summed E-state index contributed by atoms with van der Waals surface area (Å²) in [6.07, 6.45) is 7.74. The zero-order valence-corrected chi connectivity index (χ0v) is 15.0. The number of esters is 1. The number of rotatable bonds is 4. The largest absolute Gasteiger partial charge is 0.462 e. The molecule has 3 rings (SSSR count). The van der Waals surface area contributed by atoms with Gasteiger partial charge in [0.2, 0.25) is 0 Å². The first-order valence-corrected chi connectivity index (χ1v) is 9.76. The van der Waals surface area contributed by atoms with Gasteiger partial charge in [-0.1, -0.05) is 12.8 Å². The van der Waals surface area contributed by atoms with Crippen molar-refractivity contribution in [1.29, 1.82) is 0 Å². The monoisotopic (exact) mass is 351 g/mol. The SMILES string of the molecule is CCOC(=O)c1c(NC(=O)C2CCCO2)sc2c1CCCCCC2. The lowest BCUT2D eigenvalue weighted by atomic mass is 9.96. The quantitative estimate of drug-likeness (QED) is 0.840. The number of carbonyl (C=O) groups is 2. The molecule has 1 atom stereocenters. The number of anilines is 1. The third-order valence-corrected chi connectivity index (χ3v) is 5.82. The molecule has 132 valence electrons. The fourth-order valence-corrected chi connectivity index (χ4v) is 4.68. The Hall–Kier alpha value is -1.40. The summed E-state index contributed by atoms with van der Waals surface area (Å²) < 4.78 is 10.7. The Balaban J connectivity index is 1.89. The van der Waals surface area contributed by atoms with Crippen molar-refractivity contribution in [3.63, 3.8) is 0 Å². The molecule has 0 saturated carbocycles. The van der Waals surface area contributed by atoms with Gasteiger partial charge in [0.25, 0.3) is 5.91 Å². The molecule has 1 aromatic rings. The maximum absolute atomic E-state index is 12.5. The summed E-state index contributed by atoms with van der Waals surface area (Å²) in [7, 11) is 0. The number of hydrogen-bond donors (Lipinski definition) is 1. The minimum Gasteiger partial charge on any atom is -0.462 e. The van der Waals surface area contributed by atoms with E-state index in [2.05, 4.69) is 5.32 Å². The first kappa shape index (κ1) is 17.4. The molecule has 1 aliphatic carbocycles. The Morgan fingerprint density at radius 2 is 2.00 bits per heavy atom. The Morgan fingerprint density at radius 3 is 2.71 bits per heavy atom. The molecule has 6 heteroatoms. The van der Waals surface area contributed by atoms with Gasteiger partial charge in [-0.2, -0.15) is 0 Å². The highest BCUT2D eigenvalue weighted by atomic mass is 32.1. The number of amides is 1. The molecule has 1 aromatic heterocycles. The van der Waals surface area contributed by atoms with Crippen LogP contribution in [0.2, 0.25) is 0 Å². The molecule has 2 heterocycles. The fourth-order valence-electron chi connectivity index (χ4n) is 3.40. The fraction of sp³-hybridized carbons (Fsp3) is 0.667. The number of thiophene rings is 1. The molecule has 0 spiro atoms. The van der Waals surface area contributed by atoms with E-state index < -0.39 is 6.10 Å². The van der Waals surface area contributed by atoms with Crippen molar-refractivity contribution in [2.75, 3.05) is 18.5 Å². The molecular weight excluding hydrogens is 326 g/mol. The van der Waals surface area contributed by atoms with Crippen LogP contribution in [0.5, 0.6) is 0 Å². The molecule has 1 aliphatic heterocycles. The van der Waals surface area contributed by atoms with Crippen molar-refractivity contribution < 1.29 is 19.1 Å².